The molecule has 34 heavy (non-hydrogen) atoms. The van der Waals surface area contributed by atoms with Gasteiger partial charge in [0.15, 0.2) is 0 Å². The second-order valence-electron chi connectivity index (χ2n) is 8.73. The third kappa shape index (κ3) is 4.72. The molecule has 0 radical (unpaired) electrons. The van der Waals surface area contributed by atoms with Gasteiger partial charge >= 0.3 is 0 Å². The Bertz CT molecular complexity index is 1090. The van der Waals surface area contributed by atoms with Gasteiger partial charge in [0.1, 0.15) is 11.5 Å². The third-order valence-corrected chi connectivity index (χ3v) is 6.67. The maximum absolute atomic E-state index is 13.2. The zero-order valence-electron chi connectivity index (χ0n) is 20.0. The van der Waals surface area contributed by atoms with Gasteiger partial charge in [-0.1, -0.05) is 31.2 Å². The Morgan fingerprint density at radius 1 is 1.09 bits per heavy atom. The molecule has 0 saturated carbocycles. The molecule has 2 aromatic carbocycles. The number of methoxy groups -OCH3 is 1. The molecule has 0 bridgehead atoms. The molecule has 2 aliphatic rings. The fraction of sp³-hybridized carbons (Fsp3) is 0.407. The van der Waals surface area contributed by atoms with Crippen molar-refractivity contribution in [2.75, 3.05) is 46.5 Å². The molecule has 2 heterocycles. The number of rotatable bonds is 7. The minimum atomic E-state index is -0.655. The van der Waals surface area contributed by atoms with Crippen LogP contribution in [0.1, 0.15) is 35.2 Å². The molecule has 180 valence electrons. The van der Waals surface area contributed by atoms with E-state index in [1.54, 1.807) is 30.2 Å². The Kier molecular flexibility index (Phi) is 7.34. The lowest BCUT2D eigenvalue weighted by molar-refractivity contribution is -0.140. The summed E-state index contributed by atoms with van der Waals surface area (Å²) in [5.74, 6) is -0.709. The number of nitrogens with zero attached hydrogens (tertiary/aromatic N) is 2. The Hall–Kier alpha value is -3.16. The molecular weight excluding hydrogens is 432 g/mol. The first kappa shape index (κ1) is 24.0. The lowest BCUT2D eigenvalue weighted by Gasteiger charge is -2.31. The van der Waals surface area contributed by atoms with Gasteiger partial charge in [-0.05, 0) is 48.2 Å². The molecular formula is C27H32N2O5. The van der Waals surface area contributed by atoms with Crippen molar-refractivity contribution >= 4 is 17.4 Å². The summed E-state index contributed by atoms with van der Waals surface area (Å²) in [6.45, 7) is 7.91. The van der Waals surface area contributed by atoms with Gasteiger partial charge in [-0.25, -0.2) is 0 Å². The second kappa shape index (κ2) is 10.4. The number of amides is 1. The molecule has 2 aromatic rings. The highest BCUT2D eigenvalue weighted by Gasteiger charge is 2.46. The molecule has 1 N–H and O–H groups in total. The highest BCUT2D eigenvalue weighted by atomic mass is 16.5. The van der Waals surface area contributed by atoms with Crippen molar-refractivity contribution in [3.63, 3.8) is 0 Å². The average Bonchev–Trinajstić information content (AvgIpc) is 3.12. The number of aliphatic hydroxyl groups is 1. The Morgan fingerprint density at radius 2 is 1.79 bits per heavy atom. The number of Topliss-reactive ketones (excluding diaryl/α,β-unsaturated/α-hetero) is 1. The quantitative estimate of drug-likeness (QED) is 0.385. The number of hydrogen-bond acceptors (Lipinski definition) is 6. The van der Waals surface area contributed by atoms with Crippen molar-refractivity contribution in [2.45, 2.75) is 26.3 Å². The highest BCUT2D eigenvalue weighted by molar-refractivity contribution is 6.46. The van der Waals surface area contributed by atoms with Gasteiger partial charge in [0.25, 0.3) is 11.7 Å². The molecule has 1 atom stereocenters. The number of ketones is 1. The number of ether oxygens (including phenoxy) is 2. The van der Waals surface area contributed by atoms with Crippen LogP contribution in [0.25, 0.3) is 5.76 Å². The maximum Gasteiger partial charge on any atom is 0.295 e. The first-order valence-corrected chi connectivity index (χ1v) is 11.8. The fourth-order valence-electron chi connectivity index (χ4n) is 4.65. The van der Waals surface area contributed by atoms with Crippen LogP contribution in [0.4, 0.5) is 0 Å². The van der Waals surface area contributed by atoms with Crippen molar-refractivity contribution < 1.29 is 24.2 Å². The minimum absolute atomic E-state index is 0.126. The predicted octanol–water partition coefficient (Wildman–Crippen LogP) is 3.32. The van der Waals surface area contributed by atoms with Crippen LogP contribution in [-0.2, 0) is 20.7 Å². The smallest absolute Gasteiger partial charge is 0.295 e. The number of morpholine rings is 1. The van der Waals surface area contributed by atoms with Gasteiger partial charge in [-0.15, -0.1) is 0 Å². The van der Waals surface area contributed by atoms with E-state index >= 15 is 0 Å². The molecule has 2 saturated heterocycles. The Morgan fingerprint density at radius 3 is 2.41 bits per heavy atom. The monoisotopic (exact) mass is 464 g/mol. The highest BCUT2D eigenvalue weighted by Crippen LogP contribution is 2.39. The summed E-state index contributed by atoms with van der Waals surface area (Å²) < 4.78 is 10.7. The largest absolute Gasteiger partial charge is 0.507 e. The molecule has 2 aliphatic heterocycles. The van der Waals surface area contributed by atoms with E-state index in [1.165, 1.54) is 5.56 Å². The summed E-state index contributed by atoms with van der Waals surface area (Å²) in [4.78, 5) is 30.2. The summed E-state index contributed by atoms with van der Waals surface area (Å²) in [5.41, 5.74) is 3.42. The van der Waals surface area contributed by atoms with E-state index in [0.717, 1.165) is 30.6 Å². The van der Waals surface area contributed by atoms with Crippen molar-refractivity contribution in [2.24, 2.45) is 0 Å². The van der Waals surface area contributed by atoms with Crippen LogP contribution >= 0.6 is 0 Å². The van der Waals surface area contributed by atoms with Crippen molar-refractivity contribution in [1.29, 1.82) is 0 Å². The normalized spacial score (nSPS) is 20.7. The van der Waals surface area contributed by atoms with E-state index in [2.05, 4.69) is 11.8 Å². The van der Waals surface area contributed by atoms with Crippen LogP contribution < -0.4 is 4.74 Å². The van der Waals surface area contributed by atoms with Crippen LogP contribution in [0.5, 0.6) is 5.75 Å². The lowest BCUT2D eigenvalue weighted by atomic mass is 9.94. The zero-order chi connectivity index (χ0) is 24.2. The minimum Gasteiger partial charge on any atom is -0.507 e. The summed E-state index contributed by atoms with van der Waals surface area (Å²) in [5, 5.41) is 11.3. The number of carbonyl (C=O) groups is 2. The van der Waals surface area contributed by atoms with Gasteiger partial charge in [0.2, 0.25) is 0 Å². The van der Waals surface area contributed by atoms with Gasteiger partial charge in [0.05, 0.1) is 31.9 Å². The molecule has 7 heteroatoms. The van der Waals surface area contributed by atoms with Gasteiger partial charge in [-0.2, -0.15) is 0 Å². The molecule has 2 fully saturated rings. The maximum atomic E-state index is 13.2. The molecule has 0 unspecified atom stereocenters. The Balaban J connectivity index is 1.74. The zero-order valence-corrected chi connectivity index (χ0v) is 20.0. The van der Waals surface area contributed by atoms with E-state index < -0.39 is 17.7 Å². The molecule has 4 rings (SSSR count). The summed E-state index contributed by atoms with van der Waals surface area (Å²) in [7, 11) is 1.59. The molecule has 1 amide bonds. The first-order valence-electron chi connectivity index (χ1n) is 11.8. The standard InChI is InChI=1S/C27H32N2O5/c1-4-19-5-7-20(8-6-19)24-23(25(30)21-9-10-22(33-3)18(2)17-21)26(31)27(32)29(24)12-11-28-13-15-34-16-14-28/h5-10,17,24,30H,4,11-16H2,1-3H3/b25-23+/t24-/m0/s1. The van der Waals surface area contributed by atoms with Crippen LogP contribution in [0, 0.1) is 6.92 Å². The second-order valence-corrected chi connectivity index (χ2v) is 8.73. The van der Waals surface area contributed by atoms with Crippen molar-refractivity contribution in [3.05, 3.63) is 70.3 Å². The summed E-state index contributed by atoms with van der Waals surface area (Å²) >= 11 is 0. The lowest BCUT2D eigenvalue weighted by Crippen LogP contribution is -2.42. The van der Waals surface area contributed by atoms with Crippen LogP contribution in [-0.4, -0.2) is 73.1 Å². The average molecular weight is 465 g/mol. The van der Waals surface area contributed by atoms with E-state index in [4.69, 9.17) is 9.47 Å². The van der Waals surface area contributed by atoms with Crippen LogP contribution in [0.15, 0.2) is 48.0 Å². The van der Waals surface area contributed by atoms with E-state index in [9.17, 15) is 14.7 Å². The molecule has 7 nitrogen and oxygen atoms in total. The third-order valence-electron chi connectivity index (χ3n) is 6.67. The van der Waals surface area contributed by atoms with E-state index in [0.29, 0.717) is 37.6 Å². The van der Waals surface area contributed by atoms with Crippen molar-refractivity contribution in [3.8, 4) is 5.75 Å². The van der Waals surface area contributed by atoms with Crippen LogP contribution in [0.2, 0.25) is 0 Å². The summed E-state index contributed by atoms with van der Waals surface area (Å²) in [6, 6.07) is 12.5. The molecule has 0 aliphatic carbocycles. The number of hydrogen-bond donors (Lipinski definition) is 1. The van der Waals surface area contributed by atoms with Crippen molar-refractivity contribution in [1.82, 2.24) is 9.80 Å². The fourth-order valence-corrected chi connectivity index (χ4v) is 4.65. The number of aryl methyl sites for hydroxylation is 2. The number of likely N-dealkylation sites (tertiary alicyclic amines) is 1. The van der Waals surface area contributed by atoms with Crippen LogP contribution in [0.3, 0.4) is 0 Å². The number of carbonyl (C=O) groups excluding carboxylic acids is 2. The van der Waals surface area contributed by atoms with E-state index in [-0.39, 0.29) is 11.3 Å². The number of benzene rings is 2. The first-order chi connectivity index (χ1) is 16.4. The van der Waals surface area contributed by atoms with E-state index in [1.807, 2.05) is 31.2 Å². The molecule has 0 aromatic heterocycles. The topological polar surface area (TPSA) is 79.3 Å². The molecule has 0 spiro atoms. The Labute approximate surface area is 200 Å². The summed E-state index contributed by atoms with van der Waals surface area (Å²) in [6.07, 6.45) is 0.891. The predicted molar refractivity (Wildman–Crippen MR) is 130 cm³/mol. The SMILES string of the molecule is CCc1ccc([C@H]2/C(=C(\O)c3ccc(OC)c(C)c3)C(=O)C(=O)N2CCN2CCOCC2)cc1. The number of aliphatic hydroxyl groups excluding tert-OH is 1. The van der Waals surface area contributed by atoms with Gasteiger partial charge in [0, 0.05) is 31.7 Å². The van der Waals surface area contributed by atoms with Gasteiger partial charge < -0.3 is 19.5 Å². The van der Waals surface area contributed by atoms with Gasteiger partial charge in [-0.3, -0.25) is 14.5 Å².